The maximum absolute atomic E-state index is 2.49. The monoisotopic (exact) mass is 621 g/mol. The Morgan fingerprint density at radius 2 is 0.967 bits per heavy atom. The predicted molar refractivity (Wildman–Crippen MR) is 136 cm³/mol. The van der Waals surface area contributed by atoms with Gasteiger partial charge in [-0.05, 0) is 0 Å². The second-order valence-corrected chi connectivity index (χ2v) is 28.5. The summed E-state index contributed by atoms with van der Waals surface area (Å²) in [6, 6.07) is 23.0. The van der Waals surface area contributed by atoms with Crippen LogP contribution < -0.4 is 10.4 Å². The molecule has 0 aromatic heterocycles. The summed E-state index contributed by atoms with van der Waals surface area (Å²) in [5.74, 6) is -1.27. The van der Waals surface area contributed by atoms with E-state index >= 15 is 0 Å². The molecule has 0 unspecified atom stereocenters. The van der Waals surface area contributed by atoms with Crippen LogP contribution >= 0.6 is 24.8 Å². The van der Waals surface area contributed by atoms with Gasteiger partial charge >= 0.3 is 179 Å². The van der Waals surface area contributed by atoms with Gasteiger partial charge in [0.1, 0.15) is 0 Å². The van der Waals surface area contributed by atoms with Crippen LogP contribution in [0.4, 0.5) is 0 Å². The van der Waals surface area contributed by atoms with E-state index in [9.17, 15) is 0 Å². The molecule has 0 saturated carbocycles. The van der Waals surface area contributed by atoms with E-state index in [1.807, 2.05) is 6.66 Å². The molecule has 0 bridgehead atoms. The van der Waals surface area contributed by atoms with Crippen LogP contribution in [0, 0.1) is 0 Å². The van der Waals surface area contributed by atoms with Gasteiger partial charge in [0.05, 0.1) is 0 Å². The van der Waals surface area contributed by atoms with E-state index in [2.05, 4.69) is 101 Å². The first-order chi connectivity index (χ1) is 13.6. The molecule has 2 aliphatic rings. The van der Waals surface area contributed by atoms with Gasteiger partial charge in [-0.3, -0.25) is 0 Å². The summed E-state index contributed by atoms with van der Waals surface area (Å²) in [4.78, 5) is 0. The van der Waals surface area contributed by atoms with Crippen LogP contribution in [0.2, 0.25) is 0 Å². The Kier molecular flexibility index (Phi) is 9.36. The van der Waals surface area contributed by atoms with Crippen molar-refractivity contribution in [1.82, 2.24) is 0 Å². The largest absolute Gasteiger partial charge is 0.147 e. The first-order valence-electron chi connectivity index (χ1n) is 10.3. The van der Waals surface area contributed by atoms with Crippen molar-refractivity contribution in [3.8, 4) is 0 Å². The van der Waals surface area contributed by atoms with Crippen LogP contribution in [0.5, 0.6) is 0 Å². The van der Waals surface area contributed by atoms with Gasteiger partial charge in [0.25, 0.3) is 0 Å². The Morgan fingerprint density at radius 3 is 1.27 bits per heavy atom. The summed E-state index contributed by atoms with van der Waals surface area (Å²) in [7, 11) is 0. The quantitative estimate of drug-likeness (QED) is 0.348. The van der Waals surface area contributed by atoms with Gasteiger partial charge in [-0.25, -0.2) is 0 Å². The Bertz CT molecular complexity index is 922. The van der Waals surface area contributed by atoms with E-state index < -0.39 is 26.6 Å². The minimum atomic E-state index is -2.29. The van der Waals surface area contributed by atoms with Crippen LogP contribution in [-0.2, 0) is 20.6 Å². The molecular weight excluding hydrogens is 590 g/mol. The summed E-state index contributed by atoms with van der Waals surface area (Å²) >= 11 is -2.29. The number of hydrogen-bond acceptors (Lipinski definition) is 0. The normalized spacial score (nSPS) is 15.6. The number of allylic oxidation sites excluding steroid dienone is 8. The number of hydrogen-bond donors (Lipinski definition) is 0. The topological polar surface area (TPSA) is 0 Å². The second kappa shape index (κ2) is 11.1. The zero-order valence-electron chi connectivity index (χ0n) is 18.2. The van der Waals surface area contributed by atoms with E-state index in [1.54, 1.807) is 21.5 Å². The minimum absolute atomic E-state index is 0. The van der Waals surface area contributed by atoms with Crippen molar-refractivity contribution in [2.45, 2.75) is 40.5 Å². The summed E-state index contributed by atoms with van der Waals surface area (Å²) < 4.78 is 3.76. The van der Waals surface area contributed by atoms with Crippen molar-refractivity contribution in [3.05, 3.63) is 102 Å². The minimum Gasteiger partial charge on any atom is -0.147 e. The average molecular weight is 621 g/mol. The average Bonchev–Trinajstić information content (AvgIpc) is 3.23. The maximum Gasteiger partial charge on any atom is -0.147 e. The molecule has 0 saturated heterocycles. The summed E-state index contributed by atoms with van der Waals surface area (Å²) in [5.41, 5.74) is 6.28. The Morgan fingerprint density at radius 1 is 0.600 bits per heavy atom. The van der Waals surface area contributed by atoms with Gasteiger partial charge in [0.2, 0.25) is 0 Å². The van der Waals surface area contributed by atoms with Crippen molar-refractivity contribution >= 4 is 41.2 Å². The molecule has 0 nitrogen and oxygen atoms in total. The molecule has 2 aromatic carbocycles. The fourth-order valence-electron chi connectivity index (χ4n) is 4.57. The van der Waals surface area contributed by atoms with Crippen molar-refractivity contribution in [2.75, 3.05) is 0 Å². The van der Waals surface area contributed by atoms with E-state index in [4.69, 9.17) is 0 Å². The third-order valence-electron chi connectivity index (χ3n) is 6.52. The molecule has 0 fully saturated rings. The zero-order valence-corrected chi connectivity index (χ0v) is 24.6. The first kappa shape index (κ1) is 25.3. The second-order valence-electron chi connectivity index (χ2n) is 8.06. The van der Waals surface area contributed by atoms with Crippen LogP contribution in [0.3, 0.4) is 0 Å². The van der Waals surface area contributed by atoms with Crippen molar-refractivity contribution < 1.29 is 20.6 Å². The molecule has 0 N–H and O–H groups in total. The van der Waals surface area contributed by atoms with Gasteiger partial charge in [0, 0.05) is 0 Å². The summed E-state index contributed by atoms with van der Waals surface area (Å²) in [6.07, 6.45) is 7.39. The molecule has 4 rings (SSSR count). The Balaban J connectivity index is 0.00000160. The van der Waals surface area contributed by atoms with Crippen LogP contribution in [0.25, 0.3) is 0 Å². The zero-order chi connectivity index (χ0) is 19.7. The van der Waals surface area contributed by atoms with E-state index in [1.165, 1.54) is 24.0 Å². The molecule has 0 aliphatic heterocycles. The molecule has 0 radical (unpaired) electrons. The third-order valence-corrected chi connectivity index (χ3v) is 37.1. The molecule has 2 aliphatic carbocycles. The fraction of sp³-hybridized carbons (Fsp3) is 0.231. The molecule has 30 heavy (non-hydrogen) atoms. The molecule has 157 valence electrons. The van der Waals surface area contributed by atoms with Crippen LogP contribution in [0.1, 0.15) is 40.5 Å². The van der Waals surface area contributed by atoms with E-state index in [-0.39, 0.29) is 24.8 Å². The number of benzene rings is 2. The van der Waals surface area contributed by atoms with Crippen molar-refractivity contribution in [1.29, 1.82) is 0 Å². The van der Waals surface area contributed by atoms with Crippen LogP contribution in [-0.4, -0.2) is 5.98 Å². The van der Waals surface area contributed by atoms with E-state index in [0.717, 1.165) is 0 Å². The predicted octanol–water partition coefficient (Wildman–Crippen LogP) is 6.23. The smallest absolute Gasteiger partial charge is 0.147 e. The molecule has 2 aromatic rings. The van der Waals surface area contributed by atoms with Gasteiger partial charge in [-0.1, -0.05) is 0 Å². The SMILES string of the molecule is CC1=CC[C]([Hf]([C]2=C(C)C(C)=CC2)[SiH](c2ccccc2)c2ccccc2)=C1C.Cl.Cl. The van der Waals surface area contributed by atoms with Gasteiger partial charge < -0.3 is 0 Å². The number of rotatable bonds is 5. The summed E-state index contributed by atoms with van der Waals surface area (Å²) in [5, 5.41) is 3.29. The third kappa shape index (κ3) is 4.93. The Hall–Kier alpha value is -0.933. The van der Waals surface area contributed by atoms with E-state index in [0.29, 0.717) is 0 Å². The molecule has 0 heterocycles. The summed E-state index contributed by atoms with van der Waals surface area (Å²) in [6.45, 7) is 9.41. The van der Waals surface area contributed by atoms with Crippen molar-refractivity contribution in [3.63, 3.8) is 0 Å². The van der Waals surface area contributed by atoms with Crippen molar-refractivity contribution in [2.24, 2.45) is 0 Å². The Labute approximate surface area is 202 Å². The molecule has 0 amide bonds. The fourth-order valence-corrected chi connectivity index (χ4v) is 39.8. The van der Waals surface area contributed by atoms with Crippen LogP contribution in [0.15, 0.2) is 102 Å². The standard InChI is InChI=1S/C12H11Si.2C7H9.2ClH.Hf/c1-3-7-11(8-4-1)13-12-9-5-2-6-10-12;2*1-6-4-3-5-7(6)2;;;/h1-10,13H;2*4H,3H2,1-2H3;2*1H;. The van der Waals surface area contributed by atoms with Gasteiger partial charge in [-0.2, -0.15) is 0 Å². The number of halogens is 2. The molecular formula is C26H31Cl2HfSi. The maximum atomic E-state index is 2.49. The molecule has 0 spiro atoms. The van der Waals surface area contributed by atoms with Gasteiger partial charge in [-0.15, -0.1) is 24.8 Å². The first-order valence-corrected chi connectivity index (χ1v) is 21.8. The molecule has 4 heteroatoms. The molecule has 0 atom stereocenters. The van der Waals surface area contributed by atoms with Gasteiger partial charge in [0.15, 0.2) is 0 Å².